The molecule has 0 aromatic heterocycles. The fraction of sp³-hybridized carbons (Fsp3) is 0.800. The summed E-state index contributed by atoms with van der Waals surface area (Å²) in [4.78, 5) is 0. The topological polar surface area (TPSA) is 0 Å². The van der Waals surface area contributed by atoms with E-state index in [1.807, 2.05) is 0 Å². The maximum Gasteiger partial charge on any atom is -0.0232 e. The van der Waals surface area contributed by atoms with Crippen LogP contribution in [0.3, 0.4) is 0 Å². The summed E-state index contributed by atoms with van der Waals surface area (Å²) in [6.45, 7) is 11.1. The Labute approximate surface area is 64.3 Å². The number of hydrogen-bond acceptors (Lipinski definition) is 0. The standard InChI is InChI=1S/C10H18/c1-7-5-9(3)10(4)6-8(7)2/h8-10H,1,5-6H2,2-4H3. The Kier molecular flexibility index (Phi) is 2.18. The molecule has 1 rings (SSSR count). The summed E-state index contributed by atoms with van der Waals surface area (Å²) in [6, 6.07) is 0. The van der Waals surface area contributed by atoms with E-state index in [1.54, 1.807) is 0 Å². The normalized spacial score (nSPS) is 41.9. The molecule has 58 valence electrons. The predicted molar refractivity (Wildman–Crippen MR) is 45.9 cm³/mol. The molecule has 0 heteroatoms. The fourth-order valence-electron chi connectivity index (χ4n) is 1.77. The van der Waals surface area contributed by atoms with E-state index in [1.165, 1.54) is 18.4 Å². The molecule has 0 amide bonds. The fourth-order valence-corrected chi connectivity index (χ4v) is 1.77. The average Bonchev–Trinajstić information content (AvgIpc) is 1.84. The average molecular weight is 138 g/mol. The van der Waals surface area contributed by atoms with Crippen molar-refractivity contribution < 1.29 is 0 Å². The second kappa shape index (κ2) is 2.77. The second-order valence-corrected chi connectivity index (χ2v) is 3.95. The van der Waals surface area contributed by atoms with Crippen LogP contribution in [0.4, 0.5) is 0 Å². The summed E-state index contributed by atoms with van der Waals surface area (Å²) >= 11 is 0. The molecular weight excluding hydrogens is 120 g/mol. The van der Waals surface area contributed by atoms with E-state index in [0.29, 0.717) is 0 Å². The minimum Gasteiger partial charge on any atom is -0.0996 e. The van der Waals surface area contributed by atoms with Crippen molar-refractivity contribution in [3.8, 4) is 0 Å². The van der Waals surface area contributed by atoms with Crippen molar-refractivity contribution in [2.24, 2.45) is 17.8 Å². The zero-order valence-corrected chi connectivity index (χ0v) is 7.35. The Morgan fingerprint density at radius 1 is 1.20 bits per heavy atom. The van der Waals surface area contributed by atoms with Crippen LogP contribution in [-0.2, 0) is 0 Å². The van der Waals surface area contributed by atoms with Gasteiger partial charge in [0, 0.05) is 0 Å². The van der Waals surface area contributed by atoms with Gasteiger partial charge < -0.3 is 0 Å². The van der Waals surface area contributed by atoms with Crippen LogP contribution in [0.15, 0.2) is 12.2 Å². The molecule has 1 aliphatic carbocycles. The van der Waals surface area contributed by atoms with E-state index >= 15 is 0 Å². The van der Waals surface area contributed by atoms with Crippen molar-refractivity contribution in [2.75, 3.05) is 0 Å². The second-order valence-electron chi connectivity index (χ2n) is 3.95. The van der Waals surface area contributed by atoms with Crippen LogP contribution in [0, 0.1) is 17.8 Å². The first-order valence-electron chi connectivity index (χ1n) is 4.29. The van der Waals surface area contributed by atoms with Gasteiger partial charge in [-0.2, -0.15) is 0 Å². The zero-order valence-electron chi connectivity index (χ0n) is 7.35. The molecule has 0 aliphatic heterocycles. The highest BCUT2D eigenvalue weighted by molar-refractivity contribution is 5.04. The molecule has 3 unspecified atom stereocenters. The Morgan fingerprint density at radius 2 is 1.80 bits per heavy atom. The first-order valence-corrected chi connectivity index (χ1v) is 4.29. The molecule has 3 atom stereocenters. The van der Waals surface area contributed by atoms with Crippen LogP contribution in [0.2, 0.25) is 0 Å². The highest BCUT2D eigenvalue weighted by atomic mass is 14.3. The van der Waals surface area contributed by atoms with Gasteiger partial charge in [-0.25, -0.2) is 0 Å². The summed E-state index contributed by atoms with van der Waals surface area (Å²) in [5, 5.41) is 0. The Morgan fingerprint density at radius 3 is 2.30 bits per heavy atom. The van der Waals surface area contributed by atoms with E-state index in [0.717, 1.165) is 17.8 Å². The first kappa shape index (κ1) is 7.84. The van der Waals surface area contributed by atoms with E-state index in [2.05, 4.69) is 27.4 Å². The van der Waals surface area contributed by atoms with Gasteiger partial charge in [0.15, 0.2) is 0 Å². The molecule has 0 N–H and O–H groups in total. The van der Waals surface area contributed by atoms with Crippen molar-refractivity contribution in [2.45, 2.75) is 33.6 Å². The smallest absolute Gasteiger partial charge is 0.0232 e. The third kappa shape index (κ3) is 1.42. The predicted octanol–water partition coefficient (Wildman–Crippen LogP) is 3.24. The molecule has 1 fully saturated rings. The largest absolute Gasteiger partial charge is 0.0996 e. The molecule has 0 bridgehead atoms. The molecule has 1 aliphatic rings. The third-order valence-corrected chi connectivity index (χ3v) is 2.98. The van der Waals surface area contributed by atoms with E-state index in [9.17, 15) is 0 Å². The lowest BCUT2D eigenvalue weighted by Gasteiger charge is -2.31. The molecule has 0 aromatic rings. The van der Waals surface area contributed by atoms with Crippen LogP contribution in [0.1, 0.15) is 33.6 Å². The molecule has 0 nitrogen and oxygen atoms in total. The van der Waals surface area contributed by atoms with Gasteiger partial charge in [0.2, 0.25) is 0 Å². The lowest BCUT2D eigenvalue weighted by molar-refractivity contribution is 0.278. The number of hydrogen-bond donors (Lipinski definition) is 0. The lowest BCUT2D eigenvalue weighted by Crippen LogP contribution is -2.20. The van der Waals surface area contributed by atoms with Crippen LogP contribution in [-0.4, -0.2) is 0 Å². The van der Waals surface area contributed by atoms with Gasteiger partial charge in [-0.3, -0.25) is 0 Å². The maximum atomic E-state index is 4.08. The van der Waals surface area contributed by atoms with Crippen LogP contribution in [0.25, 0.3) is 0 Å². The molecular formula is C10H18. The molecule has 0 radical (unpaired) electrons. The van der Waals surface area contributed by atoms with Crippen molar-refractivity contribution >= 4 is 0 Å². The minimum atomic E-state index is 0.770. The van der Waals surface area contributed by atoms with Gasteiger partial charge in [0.1, 0.15) is 0 Å². The molecule has 0 heterocycles. The third-order valence-electron chi connectivity index (χ3n) is 2.98. The molecule has 0 spiro atoms. The maximum absolute atomic E-state index is 4.08. The monoisotopic (exact) mass is 138 g/mol. The van der Waals surface area contributed by atoms with Gasteiger partial charge in [0.05, 0.1) is 0 Å². The van der Waals surface area contributed by atoms with Crippen molar-refractivity contribution in [3.63, 3.8) is 0 Å². The van der Waals surface area contributed by atoms with Gasteiger partial charge in [-0.15, -0.1) is 0 Å². The molecule has 0 saturated heterocycles. The summed E-state index contributed by atoms with van der Waals surface area (Å²) in [5.41, 5.74) is 1.46. The van der Waals surface area contributed by atoms with Crippen molar-refractivity contribution in [1.29, 1.82) is 0 Å². The highest BCUT2D eigenvalue weighted by Gasteiger charge is 2.23. The quantitative estimate of drug-likeness (QED) is 0.451. The highest BCUT2D eigenvalue weighted by Crippen LogP contribution is 2.35. The van der Waals surface area contributed by atoms with Gasteiger partial charge >= 0.3 is 0 Å². The van der Waals surface area contributed by atoms with Gasteiger partial charge in [0.25, 0.3) is 0 Å². The Balaban J connectivity index is 2.54. The van der Waals surface area contributed by atoms with Gasteiger partial charge in [-0.05, 0) is 30.6 Å². The van der Waals surface area contributed by atoms with E-state index in [-0.39, 0.29) is 0 Å². The SMILES string of the molecule is C=C1CC(C)C(C)CC1C. The van der Waals surface area contributed by atoms with E-state index in [4.69, 9.17) is 0 Å². The lowest BCUT2D eigenvalue weighted by atomic mass is 9.74. The summed E-state index contributed by atoms with van der Waals surface area (Å²) < 4.78 is 0. The van der Waals surface area contributed by atoms with Crippen LogP contribution >= 0.6 is 0 Å². The van der Waals surface area contributed by atoms with Crippen LogP contribution in [0.5, 0.6) is 0 Å². The first-order chi connectivity index (χ1) is 4.61. The Hall–Kier alpha value is -0.260. The molecule has 10 heavy (non-hydrogen) atoms. The van der Waals surface area contributed by atoms with Crippen LogP contribution < -0.4 is 0 Å². The van der Waals surface area contributed by atoms with E-state index < -0.39 is 0 Å². The number of allylic oxidation sites excluding steroid dienone is 1. The minimum absolute atomic E-state index is 0.770. The molecule has 0 aromatic carbocycles. The Bertz CT molecular complexity index is 135. The summed E-state index contributed by atoms with van der Waals surface area (Å²) in [5.74, 6) is 2.54. The zero-order chi connectivity index (χ0) is 7.72. The van der Waals surface area contributed by atoms with Gasteiger partial charge in [-0.1, -0.05) is 32.9 Å². The van der Waals surface area contributed by atoms with Crippen molar-refractivity contribution in [3.05, 3.63) is 12.2 Å². The summed E-state index contributed by atoms with van der Waals surface area (Å²) in [7, 11) is 0. The summed E-state index contributed by atoms with van der Waals surface area (Å²) in [6.07, 6.45) is 2.60. The number of rotatable bonds is 0. The van der Waals surface area contributed by atoms with Crippen molar-refractivity contribution in [1.82, 2.24) is 0 Å². The molecule has 1 saturated carbocycles.